The summed E-state index contributed by atoms with van der Waals surface area (Å²) in [7, 11) is 1.70. The van der Waals surface area contributed by atoms with Gasteiger partial charge in [-0.3, -0.25) is 9.59 Å². The van der Waals surface area contributed by atoms with E-state index in [2.05, 4.69) is 6.58 Å². The van der Waals surface area contributed by atoms with E-state index in [0.717, 1.165) is 5.56 Å². The molecular weight excluding hydrogens is 374 g/mol. The van der Waals surface area contributed by atoms with Crippen LogP contribution < -0.4 is 5.73 Å². The van der Waals surface area contributed by atoms with Crippen molar-refractivity contribution in [2.24, 2.45) is 5.92 Å². The van der Waals surface area contributed by atoms with Crippen LogP contribution in [-0.2, 0) is 4.79 Å². The van der Waals surface area contributed by atoms with Crippen molar-refractivity contribution in [1.29, 1.82) is 0 Å². The van der Waals surface area contributed by atoms with Crippen LogP contribution in [0.3, 0.4) is 0 Å². The Bertz CT molecular complexity index is 927. The number of benzene rings is 2. The molecule has 1 heterocycles. The lowest BCUT2D eigenvalue weighted by molar-refractivity contribution is -0.129. The second-order valence-corrected chi connectivity index (χ2v) is 7.78. The zero-order chi connectivity index (χ0) is 20.6. The summed E-state index contributed by atoms with van der Waals surface area (Å²) in [6.45, 7) is 8.05. The van der Waals surface area contributed by atoms with Crippen molar-refractivity contribution in [3.8, 4) is 0 Å². The Morgan fingerprint density at radius 3 is 2.43 bits per heavy atom. The zero-order valence-electron chi connectivity index (χ0n) is 16.2. The Hall–Kier alpha value is -2.79. The number of carbonyl (C=O) groups excluding carboxylic acids is 2. The monoisotopic (exact) mass is 397 g/mol. The van der Waals surface area contributed by atoms with Gasteiger partial charge in [-0.1, -0.05) is 62.4 Å². The van der Waals surface area contributed by atoms with Crippen LogP contribution in [0.4, 0.5) is 5.69 Å². The highest BCUT2D eigenvalue weighted by molar-refractivity contribution is 6.31. The molecule has 1 fully saturated rings. The Labute approximate surface area is 170 Å². The molecule has 28 heavy (non-hydrogen) atoms. The third-order valence-corrected chi connectivity index (χ3v) is 5.33. The van der Waals surface area contributed by atoms with Crippen molar-refractivity contribution >= 4 is 34.7 Å². The molecule has 0 bridgehead atoms. The second kappa shape index (κ2) is 7.68. The van der Waals surface area contributed by atoms with Gasteiger partial charge in [0.15, 0.2) is 0 Å². The van der Waals surface area contributed by atoms with Crippen LogP contribution >= 0.6 is 11.6 Å². The van der Waals surface area contributed by atoms with Crippen molar-refractivity contribution in [3.05, 3.63) is 71.3 Å². The van der Waals surface area contributed by atoms with Crippen molar-refractivity contribution in [3.63, 3.8) is 0 Å². The summed E-state index contributed by atoms with van der Waals surface area (Å²) in [6.07, 6.45) is -0.604. The van der Waals surface area contributed by atoms with Crippen LogP contribution in [-0.4, -0.2) is 40.9 Å². The molecule has 1 aliphatic rings. The minimum absolute atomic E-state index is 0.0760. The standard InChI is InChI=1S/C22H24ClN3O2/c1-13(2)19-22(28)25(4)20(14(3)15-8-6-5-7-9-15)26(19)21(27)17-12-16(23)10-11-18(17)24/h5-13,19-20H,3,24H2,1-2,4H3/t19-,20+/m0/s1. The molecule has 0 radical (unpaired) electrons. The number of nitrogens with two attached hydrogens (primary N) is 1. The number of rotatable bonds is 4. The third kappa shape index (κ3) is 3.38. The smallest absolute Gasteiger partial charge is 0.258 e. The van der Waals surface area contributed by atoms with Crippen molar-refractivity contribution < 1.29 is 9.59 Å². The predicted molar refractivity (Wildman–Crippen MR) is 113 cm³/mol. The van der Waals surface area contributed by atoms with Gasteiger partial charge in [-0.25, -0.2) is 0 Å². The molecule has 6 heteroatoms. The van der Waals surface area contributed by atoms with Crippen LogP contribution in [0, 0.1) is 5.92 Å². The number of hydrogen-bond acceptors (Lipinski definition) is 3. The van der Waals surface area contributed by atoms with E-state index in [1.807, 2.05) is 44.2 Å². The molecular formula is C22H24ClN3O2. The number of likely N-dealkylation sites (N-methyl/N-ethyl adjacent to an activating group) is 1. The van der Waals surface area contributed by atoms with Crippen LogP contribution in [0.25, 0.3) is 5.57 Å². The average Bonchev–Trinajstić information content (AvgIpc) is 2.94. The number of hydrogen-bond donors (Lipinski definition) is 1. The van der Waals surface area contributed by atoms with Gasteiger partial charge < -0.3 is 15.5 Å². The summed E-state index contributed by atoms with van der Waals surface area (Å²) in [5.41, 5.74) is 8.20. The van der Waals surface area contributed by atoms with Crippen LogP contribution in [0.5, 0.6) is 0 Å². The maximum absolute atomic E-state index is 13.5. The van der Waals surface area contributed by atoms with Crippen molar-refractivity contribution in [2.75, 3.05) is 12.8 Å². The van der Waals surface area contributed by atoms with E-state index in [1.165, 1.54) is 0 Å². The van der Waals surface area contributed by atoms with E-state index < -0.39 is 12.2 Å². The van der Waals surface area contributed by atoms with Crippen LogP contribution in [0.1, 0.15) is 29.8 Å². The fourth-order valence-electron chi connectivity index (χ4n) is 3.69. The highest BCUT2D eigenvalue weighted by Crippen LogP contribution is 2.35. The van der Waals surface area contributed by atoms with E-state index in [-0.39, 0.29) is 23.3 Å². The van der Waals surface area contributed by atoms with E-state index in [4.69, 9.17) is 17.3 Å². The Morgan fingerprint density at radius 2 is 1.82 bits per heavy atom. The zero-order valence-corrected chi connectivity index (χ0v) is 17.0. The molecule has 0 aromatic heterocycles. The molecule has 0 aliphatic carbocycles. The summed E-state index contributed by atoms with van der Waals surface area (Å²) in [6, 6.07) is 13.7. The molecule has 146 valence electrons. The van der Waals surface area contributed by atoms with Gasteiger partial charge in [-0.2, -0.15) is 0 Å². The molecule has 2 amide bonds. The van der Waals surface area contributed by atoms with E-state index >= 15 is 0 Å². The van der Waals surface area contributed by atoms with Gasteiger partial charge in [0.1, 0.15) is 12.2 Å². The first kappa shape index (κ1) is 20.0. The normalized spacial score (nSPS) is 19.4. The number of carbonyl (C=O) groups is 2. The lowest BCUT2D eigenvalue weighted by atomic mass is 9.99. The van der Waals surface area contributed by atoms with Gasteiger partial charge in [0.25, 0.3) is 5.91 Å². The number of nitrogens with zero attached hydrogens (tertiary/aromatic N) is 2. The molecule has 1 aliphatic heterocycles. The molecule has 0 unspecified atom stereocenters. The predicted octanol–water partition coefficient (Wildman–Crippen LogP) is 3.90. The molecule has 2 aromatic carbocycles. The van der Waals surface area contributed by atoms with Crippen molar-refractivity contribution in [2.45, 2.75) is 26.1 Å². The summed E-state index contributed by atoms with van der Waals surface area (Å²) < 4.78 is 0. The highest BCUT2D eigenvalue weighted by Gasteiger charge is 2.49. The molecule has 5 nitrogen and oxygen atoms in total. The van der Waals surface area contributed by atoms with Gasteiger partial charge >= 0.3 is 0 Å². The molecule has 1 saturated heterocycles. The lowest BCUT2D eigenvalue weighted by Gasteiger charge is -2.33. The first-order chi connectivity index (χ1) is 13.2. The van der Waals surface area contributed by atoms with Crippen LogP contribution in [0.15, 0.2) is 55.1 Å². The first-order valence-electron chi connectivity index (χ1n) is 9.12. The minimum Gasteiger partial charge on any atom is -0.398 e. The number of halogens is 1. The largest absolute Gasteiger partial charge is 0.398 e. The Morgan fingerprint density at radius 1 is 1.18 bits per heavy atom. The number of anilines is 1. The summed E-state index contributed by atoms with van der Waals surface area (Å²) >= 11 is 6.10. The Kier molecular flexibility index (Phi) is 5.47. The SMILES string of the molecule is C=C(c1ccccc1)[C@@H]1N(C)C(=O)[C@H](C(C)C)N1C(=O)c1cc(Cl)ccc1N. The quantitative estimate of drug-likeness (QED) is 0.795. The number of nitrogen functional groups attached to an aromatic ring is 1. The fraction of sp³-hybridized carbons (Fsp3) is 0.273. The average molecular weight is 398 g/mol. The molecule has 0 spiro atoms. The van der Waals surface area contributed by atoms with Crippen molar-refractivity contribution in [1.82, 2.24) is 9.80 Å². The molecule has 2 N–H and O–H groups in total. The van der Waals surface area contributed by atoms with E-state index in [1.54, 1.807) is 35.0 Å². The lowest BCUT2D eigenvalue weighted by Crippen LogP contribution is -2.46. The van der Waals surface area contributed by atoms with E-state index in [0.29, 0.717) is 16.3 Å². The maximum atomic E-state index is 13.5. The molecule has 2 atom stereocenters. The maximum Gasteiger partial charge on any atom is 0.258 e. The second-order valence-electron chi connectivity index (χ2n) is 7.35. The van der Waals surface area contributed by atoms with Gasteiger partial charge in [0.2, 0.25) is 5.91 Å². The molecule has 3 rings (SSSR count). The van der Waals surface area contributed by atoms with Gasteiger partial charge in [0, 0.05) is 17.8 Å². The molecule has 2 aromatic rings. The minimum atomic E-state index is -0.610. The van der Waals surface area contributed by atoms with E-state index in [9.17, 15) is 9.59 Å². The summed E-state index contributed by atoms with van der Waals surface area (Å²) in [5, 5.41) is 0.413. The molecule has 0 saturated carbocycles. The summed E-state index contributed by atoms with van der Waals surface area (Å²) in [5.74, 6) is -0.530. The first-order valence-corrected chi connectivity index (χ1v) is 9.50. The third-order valence-electron chi connectivity index (χ3n) is 5.10. The van der Waals surface area contributed by atoms with Gasteiger partial charge in [-0.15, -0.1) is 0 Å². The highest BCUT2D eigenvalue weighted by atomic mass is 35.5. The Balaban J connectivity index is 2.11. The fourth-order valence-corrected chi connectivity index (χ4v) is 3.86. The van der Waals surface area contributed by atoms with Gasteiger partial charge in [0.05, 0.1) is 5.56 Å². The van der Waals surface area contributed by atoms with Gasteiger partial charge in [-0.05, 0) is 35.3 Å². The van der Waals surface area contributed by atoms with Crippen LogP contribution in [0.2, 0.25) is 5.02 Å². The summed E-state index contributed by atoms with van der Waals surface area (Å²) in [4.78, 5) is 29.7. The topological polar surface area (TPSA) is 66.6 Å². The number of amides is 2.